The molecule has 0 amide bonds. The molecular formula is C10H17BrO. The van der Waals surface area contributed by atoms with E-state index >= 15 is 0 Å². The molecule has 3 aliphatic rings. The Balaban J connectivity index is 2.15. The third kappa shape index (κ3) is 1.00. The van der Waals surface area contributed by atoms with Crippen LogP contribution in [0.15, 0.2) is 0 Å². The fourth-order valence-corrected chi connectivity index (χ4v) is 4.01. The molecule has 3 fully saturated rings. The van der Waals surface area contributed by atoms with E-state index in [-0.39, 0.29) is 6.10 Å². The van der Waals surface area contributed by atoms with Crippen LogP contribution in [0, 0.1) is 23.2 Å². The summed E-state index contributed by atoms with van der Waals surface area (Å²) in [6.07, 6.45) is 2.33. The van der Waals surface area contributed by atoms with Crippen molar-refractivity contribution in [1.29, 1.82) is 0 Å². The van der Waals surface area contributed by atoms with Crippen molar-refractivity contribution in [1.82, 2.24) is 0 Å². The molecule has 2 bridgehead atoms. The largest absolute Gasteiger partial charge is 0.393 e. The first kappa shape index (κ1) is 9.01. The second kappa shape index (κ2) is 2.71. The lowest BCUT2D eigenvalue weighted by molar-refractivity contribution is -0.152. The normalized spacial score (nSPS) is 50.0. The van der Waals surface area contributed by atoms with Crippen LogP contribution in [0.25, 0.3) is 0 Å². The summed E-state index contributed by atoms with van der Waals surface area (Å²) in [5, 5.41) is 10.7. The lowest BCUT2D eigenvalue weighted by Crippen LogP contribution is -2.57. The van der Waals surface area contributed by atoms with Crippen molar-refractivity contribution < 1.29 is 5.11 Å². The predicted molar refractivity (Wildman–Crippen MR) is 53.3 cm³/mol. The van der Waals surface area contributed by atoms with E-state index in [9.17, 15) is 5.11 Å². The van der Waals surface area contributed by atoms with Crippen LogP contribution in [0.5, 0.6) is 0 Å². The lowest BCUT2D eigenvalue weighted by atomic mass is 9.45. The Morgan fingerprint density at radius 2 is 2.08 bits per heavy atom. The van der Waals surface area contributed by atoms with E-state index in [1.165, 1.54) is 6.42 Å². The van der Waals surface area contributed by atoms with Crippen molar-refractivity contribution in [3.63, 3.8) is 0 Å². The first-order valence-electron chi connectivity index (χ1n) is 4.81. The van der Waals surface area contributed by atoms with Crippen molar-refractivity contribution in [3.8, 4) is 0 Å². The molecule has 4 atom stereocenters. The highest BCUT2D eigenvalue weighted by atomic mass is 79.9. The van der Waals surface area contributed by atoms with Crippen LogP contribution in [-0.2, 0) is 0 Å². The Labute approximate surface area is 82.7 Å². The Morgan fingerprint density at radius 3 is 2.50 bits per heavy atom. The van der Waals surface area contributed by atoms with Crippen molar-refractivity contribution in [2.45, 2.75) is 32.8 Å². The molecule has 0 saturated heterocycles. The molecule has 2 heteroatoms. The van der Waals surface area contributed by atoms with Crippen molar-refractivity contribution in [2.24, 2.45) is 23.2 Å². The fourth-order valence-electron chi connectivity index (χ4n) is 3.13. The van der Waals surface area contributed by atoms with Gasteiger partial charge < -0.3 is 5.11 Å². The number of halogens is 1. The summed E-state index contributed by atoms with van der Waals surface area (Å²) in [7, 11) is 0. The van der Waals surface area contributed by atoms with Crippen LogP contribution in [0.2, 0.25) is 0 Å². The molecule has 0 aromatic carbocycles. The Morgan fingerprint density at radius 1 is 1.42 bits per heavy atom. The highest BCUT2D eigenvalue weighted by Gasteiger charge is 2.56. The maximum Gasteiger partial charge on any atom is 0.0582 e. The highest BCUT2D eigenvalue weighted by Crippen LogP contribution is 2.61. The van der Waals surface area contributed by atoms with Gasteiger partial charge in [-0.05, 0) is 36.0 Å². The van der Waals surface area contributed by atoms with E-state index in [1.807, 2.05) is 0 Å². The fraction of sp³-hybridized carbons (Fsp3) is 1.00. The lowest BCUT2D eigenvalue weighted by Gasteiger charge is -2.61. The summed E-state index contributed by atoms with van der Waals surface area (Å²) in [6.45, 7) is 4.71. The monoisotopic (exact) mass is 232 g/mol. The maximum absolute atomic E-state index is 9.77. The second-order valence-corrected chi connectivity index (χ2v) is 5.63. The number of aliphatic hydroxyl groups is 1. The minimum absolute atomic E-state index is 0.0406. The van der Waals surface area contributed by atoms with Gasteiger partial charge in [0, 0.05) is 5.33 Å². The summed E-state index contributed by atoms with van der Waals surface area (Å²) in [6, 6.07) is 0. The number of rotatable bonds is 1. The Hall–Kier alpha value is 0.440. The van der Waals surface area contributed by atoms with Gasteiger partial charge in [0.15, 0.2) is 0 Å². The molecular weight excluding hydrogens is 216 g/mol. The van der Waals surface area contributed by atoms with E-state index in [0.717, 1.165) is 23.6 Å². The molecule has 0 aromatic heterocycles. The summed E-state index contributed by atoms with van der Waals surface area (Å²) < 4.78 is 0. The molecule has 0 aromatic rings. The third-order valence-corrected chi connectivity index (χ3v) is 5.01. The molecule has 12 heavy (non-hydrogen) atoms. The first-order valence-corrected chi connectivity index (χ1v) is 5.93. The minimum Gasteiger partial charge on any atom is -0.393 e. The van der Waals surface area contributed by atoms with Gasteiger partial charge in [-0.25, -0.2) is 0 Å². The summed E-state index contributed by atoms with van der Waals surface area (Å²) >= 11 is 3.51. The molecule has 2 unspecified atom stereocenters. The van der Waals surface area contributed by atoms with E-state index in [2.05, 4.69) is 29.8 Å². The average molecular weight is 233 g/mol. The number of aliphatic hydroxyl groups excluding tert-OH is 1. The quantitative estimate of drug-likeness (QED) is 0.689. The molecule has 1 nitrogen and oxygen atoms in total. The number of alkyl halides is 1. The molecule has 0 spiro atoms. The molecule has 70 valence electrons. The van der Waals surface area contributed by atoms with E-state index in [4.69, 9.17) is 0 Å². The number of hydrogen-bond acceptors (Lipinski definition) is 1. The number of hydrogen-bond donors (Lipinski definition) is 1. The van der Waals surface area contributed by atoms with Gasteiger partial charge in [-0.1, -0.05) is 29.8 Å². The van der Waals surface area contributed by atoms with Gasteiger partial charge >= 0.3 is 0 Å². The van der Waals surface area contributed by atoms with E-state index in [0.29, 0.717) is 11.3 Å². The third-order valence-electron chi connectivity index (χ3n) is 4.26. The molecule has 0 radical (unpaired) electrons. The smallest absolute Gasteiger partial charge is 0.0582 e. The summed E-state index contributed by atoms with van der Waals surface area (Å²) in [4.78, 5) is 0. The molecule has 3 rings (SSSR count). The van der Waals surface area contributed by atoms with Gasteiger partial charge in [-0.2, -0.15) is 0 Å². The van der Waals surface area contributed by atoms with Crippen LogP contribution >= 0.6 is 15.9 Å². The van der Waals surface area contributed by atoms with E-state index in [1.54, 1.807) is 0 Å². The summed E-state index contributed by atoms with van der Waals surface area (Å²) in [5.41, 5.74) is 0.498. The molecule has 3 saturated carbocycles. The van der Waals surface area contributed by atoms with Crippen LogP contribution in [-0.4, -0.2) is 16.5 Å². The minimum atomic E-state index is -0.0406. The topological polar surface area (TPSA) is 20.2 Å². The molecule has 1 N–H and O–H groups in total. The number of fused-ring (bicyclic) bond motifs is 2. The van der Waals surface area contributed by atoms with Gasteiger partial charge in [-0.3, -0.25) is 0 Å². The van der Waals surface area contributed by atoms with Gasteiger partial charge in [0.25, 0.3) is 0 Å². The highest BCUT2D eigenvalue weighted by molar-refractivity contribution is 9.09. The van der Waals surface area contributed by atoms with E-state index < -0.39 is 0 Å². The standard InChI is InChI=1S/C10H17BrO/c1-10(2)6-3-8(10)7(5-11)9(12)4-6/h6-9,12H,3-5H2,1-2H3/t6?,7-,8?,9-/m1/s1. The van der Waals surface area contributed by atoms with Gasteiger partial charge in [-0.15, -0.1) is 0 Å². The Bertz CT molecular complexity index is 190. The summed E-state index contributed by atoms with van der Waals surface area (Å²) in [5.74, 6) is 2.04. The van der Waals surface area contributed by atoms with Crippen LogP contribution in [0.1, 0.15) is 26.7 Å². The van der Waals surface area contributed by atoms with Gasteiger partial charge in [0.05, 0.1) is 6.10 Å². The second-order valence-electron chi connectivity index (χ2n) is 4.98. The maximum atomic E-state index is 9.77. The predicted octanol–water partition coefficient (Wildman–Crippen LogP) is 2.42. The SMILES string of the molecule is CC1(C)C2CC1[C@@H](CBr)[C@H](O)C2. The van der Waals surface area contributed by atoms with Crippen LogP contribution < -0.4 is 0 Å². The van der Waals surface area contributed by atoms with Crippen molar-refractivity contribution in [2.75, 3.05) is 5.33 Å². The molecule has 3 aliphatic carbocycles. The van der Waals surface area contributed by atoms with Crippen LogP contribution in [0.3, 0.4) is 0 Å². The molecule has 0 heterocycles. The molecule has 0 aliphatic heterocycles. The van der Waals surface area contributed by atoms with Gasteiger partial charge in [0.1, 0.15) is 0 Å². The zero-order valence-corrected chi connectivity index (χ0v) is 9.34. The average Bonchev–Trinajstić information content (AvgIpc) is 2.03. The Kier molecular flexibility index (Phi) is 2.04. The zero-order chi connectivity index (χ0) is 8.93. The van der Waals surface area contributed by atoms with Crippen molar-refractivity contribution >= 4 is 15.9 Å². The van der Waals surface area contributed by atoms with Crippen LogP contribution in [0.4, 0.5) is 0 Å². The van der Waals surface area contributed by atoms with Crippen molar-refractivity contribution in [3.05, 3.63) is 0 Å². The zero-order valence-electron chi connectivity index (χ0n) is 7.76. The first-order chi connectivity index (χ1) is 5.57. The van der Waals surface area contributed by atoms with Gasteiger partial charge in [0.2, 0.25) is 0 Å².